The number of halogens is 8. The van der Waals surface area contributed by atoms with E-state index in [9.17, 15) is 18.7 Å². The average Bonchev–Trinajstić information content (AvgIpc) is 4.19. The summed E-state index contributed by atoms with van der Waals surface area (Å²) in [6.07, 6.45) is 6.17. The number of carbonyl (C=O) groups is 1. The predicted octanol–water partition coefficient (Wildman–Crippen LogP) is 13.0. The molecule has 4 unspecified atom stereocenters. The summed E-state index contributed by atoms with van der Waals surface area (Å²) in [5.74, 6) is -0.483. The highest BCUT2D eigenvalue weighted by Crippen LogP contribution is 2.42. The number of hydrogen-bond donors (Lipinski definition) is 1. The maximum Gasteiger partial charge on any atom is 0.282 e. The first-order valence-corrected chi connectivity index (χ1v) is 25.3. The minimum Gasteiger partial charge on any atom is -0.457 e. The number of hydroxylamine groups is 2. The maximum absolute atomic E-state index is 13.1. The normalized spacial score (nSPS) is 16.7. The number of aryl methyl sites for hydroxylation is 2. The number of aromatic nitrogens is 8. The van der Waals surface area contributed by atoms with Crippen LogP contribution in [0.1, 0.15) is 80.2 Å². The van der Waals surface area contributed by atoms with Gasteiger partial charge in [0.1, 0.15) is 49.0 Å². The van der Waals surface area contributed by atoms with E-state index in [1.807, 2.05) is 64.1 Å². The van der Waals surface area contributed by atoms with Crippen LogP contribution in [-0.4, -0.2) is 86.8 Å². The third-order valence-electron chi connectivity index (χ3n) is 11.9. The average molecular weight is 1140 g/mol. The Hall–Kier alpha value is -4.92. The van der Waals surface area contributed by atoms with Gasteiger partial charge >= 0.3 is 0 Å². The number of aliphatic hydroxyl groups is 1. The van der Waals surface area contributed by atoms with Gasteiger partial charge in [-0.1, -0.05) is 103 Å². The van der Waals surface area contributed by atoms with Crippen LogP contribution in [0.25, 0.3) is 0 Å². The number of amides is 1. The summed E-state index contributed by atoms with van der Waals surface area (Å²) in [5, 5.41) is 26.9. The van der Waals surface area contributed by atoms with Gasteiger partial charge < -0.3 is 19.3 Å². The van der Waals surface area contributed by atoms with Crippen LogP contribution in [0.15, 0.2) is 110 Å². The van der Waals surface area contributed by atoms with Crippen molar-refractivity contribution in [1.29, 1.82) is 0 Å². The number of hydrogen-bond acceptors (Lipinski definition) is 11. The number of carbonyl (C=O) groups excluding carboxylic acids is 1. The first-order valence-electron chi connectivity index (χ1n) is 23.0. The molecule has 7 aromatic rings. The molecule has 4 atom stereocenters. The number of nitrogens with zero attached hydrogens (tertiary/aromatic N) is 9. The van der Waals surface area contributed by atoms with E-state index in [2.05, 4.69) is 25.3 Å². The van der Waals surface area contributed by atoms with Crippen molar-refractivity contribution < 1.29 is 37.7 Å². The second kappa shape index (κ2) is 25.7. The predicted molar refractivity (Wildman–Crippen MR) is 281 cm³/mol. The van der Waals surface area contributed by atoms with Gasteiger partial charge in [0, 0.05) is 43.9 Å². The van der Waals surface area contributed by atoms with Crippen LogP contribution >= 0.6 is 69.6 Å². The van der Waals surface area contributed by atoms with Gasteiger partial charge in [0.05, 0.1) is 48.6 Å². The quantitative estimate of drug-likeness (QED) is 0.0919. The zero-order valence-electron chi connectivity index (χ0n) is 41.4. The number of alkyl halides is 2. The van der Waals surface area contributed by atoms with E-state index in [0.29, 0.717) is 73.9 Å². The first-order chi connectivity index (χ1) is 35.0. The Labute approximate surface area is 458 Å². The first kappa shape index (κ1) is 58.3. The highest BCUT2D eigenvalue weighted by Gasteiger charge is 2.44. The molecule has 4 heterocycles. The Morgan fingerprint density at radius 3 is 1.99 bits per heavy atom. The lowest BCUT2D eigenvalue weighted by atomic mass is 9.73. The SMILES string of the molecule is CC(C)(C)C(O)(CCc1ccc(Cl)cc1)Cn1cncn1.CC1COC(Cn2cncn2)(c2ccc(Oc3ccc(Cl)cc3)cc2Cl)O1.CON(C(=O)c1cn(C)nc1C(F)F)C(C)Cc1c(Cl)cc(Cl)cc1Cl. The zero-order chi connectivity index (χ0) is 54.0. The molecule has 1 amide bonds. The number of rotatable bonds is 16. The Balaban J connectivity index is 0.000000182. The summed E-state index contributed by atoms with van der Waals surface area (Å²) in [7, 11) is 2.73. The van der Waals surface area contributed by atoms with Gasteiger partial charge in [0.25, 0.3) is 12.3 Å². The molecule has 1 aliphatic heterocycles. The van der Waals surface area contributed by atoms with Crippen molar-refractivity contribution in [3.8, 4) is 11.5 Å². The molecule has 4 aromatic carbocycles. The lowest BCUT2D eigenvalue weighted by molar-refractivity contribution is -0.186. The van der Waals surface area contributed by atoms with Gasteiger partial charge in [-0.05, 0) is 116 Å². The summed E-state index contributed by atoms with van der Waals surface area (Å²) in [6.45, 7) is 11.0. The van der Waals surface area contributed by atoms with Crippen molar-refractivity contribution in [2.24, 2.45) is 12.5 Å². The van der Waals surface area contributed by atoms with E-state index in [1.165, 1.54) is 50.7 Å². The molecule has 0 saturated carbocycles. The van der Waals surface area contributed by atoms with Crippen LogP contribution in [0, 0.1) is 5.41 Å². The topological polar surface area (TPSA) is 157 Å². The molecule has 0 spiro atoms. The van der Waals surface area contributed by atoms with E-state index in [1.54, 1.807) is 59.3 Å². The minimum absolute atomic E-state index is 0.0606. The van der Waals surface area contributed by atoms with Crippen LogP contribution < -0.4 is 4.74 Å². The van der Waals surface area contributed by atoms with Gasteiger partial charge in [0.15, 0.2) is 0 Å². The monoisotopic (exact) mass is 1140 g/mol. The molecular formula is C51H55Cl6F2N9O6. The van der Waals surface area contributed by atoms with Gasteiger partial charge in [-0.2, -0.15) is 15.3 Å². The number of benzene rings is 4. The molecule has 1 aliphatic rings. The van der Waals surface area contributed by atoms with Crippen LogP contribution in [0.2, 0.25) is 30.1 Å². The van der Waals surface area contributed by atoms with E-state index in [4.69, 9.17) is 88.7 Å². The van der Waals surface area contributed by atoms with Crippen molar-refractivity contribution in [3.63, 3.8) is 0 Å². The van der Waals surface area contributed by atoms with Crippen LogP contribution in [0.3, 0.4) is 0 Å². The van der Waals surface area contributed by atoms with Crippen LogP contribution in [0.5, 0.6) is 11.5 Å². The van der Waals surface area contributed by atoms with E-state index >= 15 is 0 Å². The molecule has 0 bridgehead atoms. The third kappa shape index (κ3) is 15.4. The molecule has 1 fully saturated rings. The fourth-order valence-electron chi connectivity index (χ4n) is 7.82. The molecule has 1 N–H and O–H groups in total. The summed E-state index contributed by atoms with van der Waals surface area (Å²) in [6, 6.07) is 22.8. The van der Waals surface area contributed by atoms with E-state index in [-0.39, 0.29) is 23.5 Å². The highest BCUT2D eigenvalue weighted by molar-refractivity contribution is 6.39. The molecule has 3 aromatic heterocycles. The molecular weight excluding hydrogens is 1090 g/mol. The summed E-state index contributed by atoms with van der Waals surface area (Å²) in [5.41, 5.74) is 0.499. The molecule has 0 radical (unpaired) electrons. The van der Waals surface area contributed by atoms with Crippen molar-refractivity contribution in [2.75, 3.05) is 13.7 Å². The minimum atomic E-state index is -2.88. The molecule has 74 heavy (non-hydrogen) atoms. The van der Waals surface area contributed by atoms with Gasteiger partial charge in [-0.15, -0.1) is 0 Å². The highest BCUT2D eigenvalue weighted by atomic mass is 35.5. The zero-order valence-corrected chi connectivity index (χ0v) is 45.9. The standard InChI is InChI=1S/C19H17Cl2N3O3.C16H16Cl3F2N3O2.C16H22ClN3O/c1-13-9-25-19(27-13,10-24-12-22-11-23-24)17-7-6-16(8-18(17)21)26-15-4-2-14(20)3-5-15;1-8(4-10-12(18)5-9(17)6-13(10)19)24(26-3)16(25)11-7-23(2)22-14(11)15(20)21;1-15(2,3)16(21,10-20-12-18-11-19-20)9-8-13-4-6-14(17)7-5-13/h2-8,11-13H,9-10H2,1H3;5-8,15H,4H2,1-3H3;4-7,11-12,21H,8-10H2,1-3H3. The van der Waals surface area contributed by atoms with Crippen molar-refractivity contribution in [3.05, 3.63) is 168 Å². The summed E-state index contributed by atoms with van der Waals surface area (Å²) in [4.78, 5) is 25.8. The Kier molecular flexibility index (Phi) is 20.3. The molecule has 23 heteroatoms. The fraction of sp³-hybridized carbons (Fsp3) is 0.373. The van der Waals surface area contributed by atoms with Crippen molar-refractivity contribution in [2.45, 2.75) is 96.9 Å². The van der Waals surface area contributed by atoms with Crippen LogP contribution in [0.4, 0.5) is 8.78 Å². The summed E-state index contributed by atoms with van der Waals surface area (Å²) >= 11 is 36.6. The van der Waals surface area contributed by atoms with Gasteiger partial charge in [-0.25, -0.2) is 28.5 Å². The van der Waals surface area contributed by atoms with Crippen molar-refractivity contribution in [1.82, 2.24) is 44.4 Å². The number of ether oxygens (including phenoxy) is 3. The third-order valence-corrected chi connectivity index (χ3v) is 13.6. The Morgan fingerprint density at radius 1 is 0.865 bits per heavy atom. The molecule has 0 aliphatic carbocycles. The van der Waals surface area contributed by atoms with Gasteiger partial charge in [-0.3, -0.25) is 19.0 Å². The van der Waals surface area contributed by atoms with Crippen molar-refractivity contribution >= 4 is 75.5 Å². The second-order valence-corrected chi connectivity index (χ2v) is 20.9. The molecule has 8 rings (SSSR count). The lowest BCUT2D eigenvalue weighted by Gasteiger charge is -2.40. The Bertz CT molecular complexity index is 2890. The van der Waals surface area contributed by atoms with E-state index < -0.39 is 35.5 Å². The summed E-state index contributed by atoms with van der Waals surface area (Å²) < 4.78 is 48.7. The van der Waals surface area contributed by atoms with E-state index in [0.717, 1.165) is 21.2 Å². The maximum atomic E-state index is 13.1. The molecule has 15 nitrogen and oxygen atoms in total. The lowest BCUT2D eigenvalue weighted by Crippen LogP contribution is -2.47. The fourth-order valence-corrected chi connectivity index (χ4v) is 9.36. The largest absolute Gasteiger partial charge is 0.457 e. The van der Waals surface area contributed by atoms with Gasteiger partial charge in [0.2, 0.25) is 5.79 Å². The smallest absolute Gasteiger partial charge is 0.282 e. The molecule has 396 valence electrons. The second-order valence-electron chi connectivity index (χ2n) is 18.4. The molecule has 1 saturated heterocycles. The van der Waals surface area contributed by atoms with Crippen LogP contribution in [-0.2, 0) is 53.1 Å². The Morgan fingerprint density at radius 2 is 1.46 bits per heavy atom.